The summed E-state index contributed by atoms with van der Waals surface area (Å²) in [5, 5.41) is 12.6. The standard InChI is InChI=1S/C19H22FN5O/c1-18-10-19(18,24-17(22)25(2)16(18)26)13-8-12(6-7-14(13)20)23-15-5-3-4-11(15)9-21/h6-8,11,15,23H,3-5,10H2,1-2H3,(H2,22,24)/t11?,15?,18?,19-/m1/s1. The number of nitrogens with two attached hydrogens (primary N) is 1. The fraction of sp³-hybridized carbons (Fsp3) is 0.526. The number of halogens is 1. The van der Waals surface area contributed by atoms with Gasteiger partial charge in [0.15, 0.2) is 5.96 Å². The zero-order valence-electron chi connectivity index (χ0n) is 14.9. The molecule has 3 aliphatic rings. The number of carbonyl (C=O) groups is 1. The van der Waals surface area contributed by atoms with Crippen molar-refractivity contribution in [3.8, 4) is 6.07 Å². The number of hydrogen-bond acceptors (Lipinski definition) is 5. The predicted octanol–water partition coefficient (Wildman–Crippen LogP) is 2.32. The van der Waals surface area contributed by atoms with E-state index in [0.29, 0.717) is 12.0 Å². The molecule has 2 saturated carbocycles. The van der Waals surface area contributed by atoms with Crippen molar-refractivity contribution in [3.63, 3.8) is 0 Å². The molecule has 0 spiro atoms. The smallest absolute Gasteiger partial charge is 0.237 e. The molecule has 7 heteroatoms. The van der Waals surface area contributed by atoms with Crippen LogP contribution in [0.5, 0.6) is 0 Å². The molecule has 136 valence electrons. The lowest BCUT2D eigenvalue weighted by atomic mass is 9.91. The molecule has 2 aliphatic carbocycles. The summed E-state index contributed by atoms with van der Waals surface area (Å²) in [6.45, 7) is 1.81. The molecule has 1 aromatic carbocycles. The second-order valence-corrected chi connectivity index (χ2v) is 7.82. The third kappa shape index (κ3) is 2.14. The number of nitrogens with one attached hydrogen (secondary N) is 1. The number of amides is 1. The van der Waals surface area contributed by atoms with Gasteiger partial charge in [-0.15, -0.1) is 0 Å². The van der Waals surface area contributed by atoms with E-state index in [1.54, 1.807) is 19.2 Å². The van der Waals surface area contributed by atoms with Gasteiger partial charge in [0.05, 0.1) is 17.4 Å². The lowest BCUT2D eigenvalue weighted by Crippen LogP contribution is -2.48. The van der Waals surface area contributed by atoms with E-state index in [4.69, 9.17) is 5.73 Å². The van der Waals surface area contributed by atoms with Crippen LogP contribution in [0.3, 0.4) is 0 Å². The van der Waals surface area contributed by atoms with Gasteiger partial charge in [0.2, 0.25) is 5.91 Å². The minimum Gasteiger partial charge on any atom is -0.381 e. The first-order chi connectivity index (χ1) is 12.3. The molecule has 0 aromatic heterocycles. The first-order valence-electron chi connectivity index (χ1n) is 8.92. The molecule has 2 fully saturated rings. The molecular formula is C19H22FN5O. The number of fused-ring (bicyclic) bond motifs is 1. The number of anilines is 1. The van der Waals surface area contributed by atoms with Crippen molar-refractivity contribution < 1.29 is 9.18 Å². The highest BCUT2D eigenvalue weighted by Crippen LogP contribution is 2.68. The zero-order valence-corrected chi connectivity index (χ0v) is 14.9. The van der Waals surface area contributed by atoms with Crippen molar-refractivity contribution in [1.29, 1.82) is 5.26 Å². The molecule has 1 amide bonds. The van der Waals surface area contributed by atoms with Crippen molar-refractivity contribution in [1.82, 2.24) is 4.90 Å². The van der Waals surface area contributed by atoms with Crippen molar-refractivity contribution in [3.05, 3.63) is 29.6 Å². The maximum atomic E-state index is 14.7. The van der Waals surface area contributed by atoms with E-state index in [-0.39, 0.29) is 23.8 Å². The van der Waals surface area contributed by atoms with Crippen molar-refractivity contribution >= 4 is 17.6 Å². The second kappa shape index (κ2) is 5.44. The fourth-order valence-corrected chi connectivity index (χ4v) is 4.51. The topological polar surface area (TPSA) is 94.5 Å². The van der Waals surface area contributed by atoms with E-state index in [0.717, 1.165) is 24.9 Å². The average Bonchev–Trinajstić information content (AvgIpc) is 3.01. The Bertz CT molecular complexity index is 862. The van der Waals surface area contributed by atoms with Crippen molar-refractivity contribution in [2.24, 2.45) is 22.1 Å². The van der Waals surface area contributed by atoms with Gasteiger partial charge in [-0.3, -0.25) is 9.69 Å². The van der Waals surface area contributed by atoms with Crippen LogP contribution in [-0.4, -0.2) is 29.9 Å². The number of hydrogen-bond donors (Lipinski definition) is 2. The average molecular weight is 355 g/mol. The summed E-state index contributed by atoms with van der Waals surface area (Å²) in [6.07, 6.45) is 3.25. The lowest BCUT2D eigenvalue weighted by Gasteiger charge is -2.30. The predicted molar refractivity (Wildman–Crippen MR) is 95.6 cm³/mol. The summed E-state index contributed by atoms with van der Waals surface area (Å²) >= 11 is 0. The molecule has 6 nitrogen and oxygen atoms in total. The number of guanidine groups is 1. The Morgan fingerprint density at radius 3 is 2.96 bits per heavy atom. The molecule has 4 atom stereocenters. The maximum Gasteiger partial charge on any atom is 0.237 e. The van der Waals surface area contributed by atoms with Gasteiger partial charge in [0, 0.05) is 24.3 Å². The SMILES string of the molecule is CN1C(=O)C2(C)C[C@]2(c2cc(NC3CCCC3C#N)ccc2F)N=C1N. The number of rotatable bonds is 3. The Hall–Kier alpha value is -2.62. The summed E-state index contributed by atoms with van der Waals surface area (Å²) in [5.74, 6) is -0.450. The van der Waals surface area contributed by atoms with E-state index in [9.17, 15) is 14.4 Å². The van der Waals surface area contributed by atoms with E-state index in [1.165, 1.54) is 11.0 Å². The quantitative estimate of drug-likeness (QED) is 0.870. The molecule has 26 heavy (non-hydrogen) atoms. The lowest BCUT2D eigenvalue weighted by molar-refractivity contribution is -0.132. The third-order valence-corrected chi connectivity index (χ3v) is 6.27. The summed E-state index contributed by atoms with van der Waals surface area (Å²) in [5.41, 5.74) is 5.33. The Labute approximate surface area is 151 Å². The Balaban J connectivity index is 1.70. The van der Waals surface area contributed by atoms with Crippen LogP contribution < -0.4 is 11.1 Å². The largest absolute Gasteiger partial charge is 0.381 e. The van der Waals surface area contributed by atoms with Crippen LogP contribution in [0.25, 0.3) is 0 Å². The summed E-state index contributed by atoms with van der Waals surface area (Å²) < 4.78 is 14.7. The fourth-order valence-electron chi connectivity index (χ4n) is 4.51. The molecule has 0 saturated heterocycles. The molecule has 1 aromatic rings. The summed E-state index contributed by atoms with van der Waals surface area (Å²) in [4.78, 5) is 18.5. The minimum absolute atomic E-state index is 0.0357. The second-order valence-electron chi connectivity index (χ2n) is 7.82. The molecule has 4 rings (SSSR count). The molecule has 0 radical (unpaired) electrons. The van der Waals surface area contributed by atoms with Crippen molar-refractivity contribution in [2.75, 3.05) is 12.4 Å². The zero-order chi connectivity index (χ0) is 18.7. The summed E-state index contributed by atoms with van der Waals surface area (Å²) in [7, 11) is 1.59. The molecule has 3 N–H and O–H groups in total. The molecule has 0 bridgehead atoms. The summed E-state index contributed by atoms with van der Waals surface area (Å²) in [6, 6.07) is 7.20. The number of aliphatic imine (C=N–C) groups is 1. The van der Waals surface area contributed by atoms with E-state index < -0.39 is 16.8 Å². The van der Waals surface area contributed by atoms with Crippen LogP contribution in [-0.2, 0) is 10.3 Å². The van der Waals surface area contributed by atoms with Gasteiger partial charge >= 0.3 is 0 Å². The molecule has 1 heterocycles. The Kier molecular flexibility index (Phi) is 3.52. The van der Waals surface area contributed by atoms with Gasteiger partial charge in [0.25, 0.3) is 0 Å². The number of carbonyl (C=O) groups excluding carboxylic acids is 1. The maximum absolute atomic E-state index is 14.7. The minimum atomic E-state index is -0.938. The van der Waals surface area contributed by atoms with Gasteiger partial charge < -0.3 is 11.1 Å². The van der Waals surface area contributed by atoms with Crippen LogP contribution in [0.1, 0.15) is 38.2 Å². The first kappa shape index (κ1) is 16.8. The van der Waals surface area contributed by atoms with Gasteiger partial charge in [-0.25, -0.2) is 9.38 Å². The highest BCUT2D eigenvalue weighted by atomic mass is 19.1. The van der Waals surface area contributed by atoms with Crippen LogP contribution in [0.2, 0.25) is 0 Å². The number of nitriles is 1. The molecule has 3 unspecified atom stereocenters. The first-order valence-corrected chi connectivity index (χ1v) is 8.92. The van der Waals surface area contributed by atoms with Crippen LogP contribution in [0.15, 0.2) is 23.2 Å². The van der Waals surface area contributed by atoms with Crippen LogP contribution in [0, 0.1) is 28.5 Å². The van der Waals surface area contributed by atoms with Crippen LogP contribution >= 0.6 is 0 Å². The number of nitrogens with zero attached hydrogens (tertiary/aromatic N) is 3. The number of benzene rings is 1. The Morgan fingerprint density at radius 2 is 2.23 bits per heavy atom. The van der Waals surface area contributed by atoms with Gasteiger partial charge in [-0.05, 0) is 50.8 Å². The van der Waals surface area contributed by atoms with Gasteiger partial charge in [-0.2, -0.15) is 5.26 Å². The van der Waals surface area contributed by atoms with E-state index in [2.05, 4.69) is 16.4 Å². The van der Waals surface area contributed by atoms with E-state index in [1.807, 2.05) is 6.92 Å². The van der Waals surface area contributed by atoms with Crippen molar-refractivity contribution in [2.45, 2.75) is 44.2 Å². The monoisotopic (exact) mass is 355 g/mol. The van der Waals surface area contributed by atoms with Crippen LogP contribution in [0.4, 0.5) is 10.1 Å². The highest BCUT2D eigenvalue weighted by molar-refractivity contribution is 6.04. The molecule has 1 aliphatic heterocycles. The van der Waals surface area contributed by atoms with E-state index >= 15 is 0 Å². The molecular weight excluding hydrogens is 333 g/mol. The highest BCUT2D eigenvalue weighted by Gasteiger charge is 2.74. The van der Waals surface area contributed by atoms with Gasteiger partial charge in [0.1, 0.15) is 11.4 Å². The normalized spacial score (nSPS) is 35.5. The third-order valence-electron chi connectivity index (χ3n) is 6.27. The Morgan fingerprint density at radius 1 is 1.46 bits per heavy atom. The van der Waals surface area contributed by atoms with Gasteiger partial charge in [-0.1, -0.05) is 0 Å².